The van der Waals surface area contributed by atoms with Crippen molar-refractivity contribution in [2.24, 2.45) is 11.8 Å². The molecule has 0 radical (unpaired) electrons. The highest BCUT2D eigenvalue weighted by Gasteiger charge is 2.40. The standard InChI is InChI=1S/C9H17NO3S/c11-4-5-14(12,13)10-6-8-2-1-3-9(8)7-10/h8-9,11H,1-7H2. The molecule has 14 heavy (non-hydrogen) atoms. The molecular weight excluding hydrogens is 202 g/mol. The quantitative estimate of drug-likeness (QED) is 0.729. The molecule has 1 saturated heterocycles. The van der Waals surface area contributed by atoms with Crippen molar-refractivity contribution in [1.82, 2.24) is 4.31 Å². The van der Waals surface area contributed by atoms with Gasteiger partial charge in [-0.25, -0.2) is 12.7 Å². The van der Waals surface area contributed by atoms with Gasteiger partial charge in [-0.2, -0.15) is 0 Å². The Balaban J connectivity index is 2.02. The molecule has 0 aromatic heterocycles. The van der Waals surface area contributed by atoms with Gasteiger partial charge in [0.25, 0.3) is 0 Å². The van der Waals surface area contributed by atoms with Gasteiger partial charge in [-0.05, 0) is 24.7 Å². The van der Waals surface area contributed by atoms with Gasteiger partial charge in [-0.15, -0.1) is 0 Å². The second-order valence-electron chi connectivity index (χ2n) is 4.31. The third-order valence-electron chi connectivity index (χ3n) is 3.44. The van der Waals surface area contributed by atoms with Crippen LogP contribution in [0.4, 0.5) is 0 Å². The average Bonchev–Trinajstić information content (AvgIpc) is 2.60. The second-order valence-corrected chi connectivity index (χ2v) is 6.40. The van der Waals surface area contributed by atoms with E-state index in [9.17, 15) is 8.42 Å². The molecule has 0 bridgehead atoms. The van der Waals surface area contributed by atoms with Gasteiger partial charge in [0.1, 0.15) is 0 Å². The van der Waals surface area contributed by atoms with E-state index in [1.54, 1.807) is 4.31 Å². The van der Waals surface area contributed by atoms with E-state index in [4.69, 9.17) is 5.11 Å². The van der Waals surface area contributed by atoms with Gasteiger partial charge in [0.15, 0.2) is 0 Å². The Morgan fingerprint density at radius 3 is 2.29 bits per heavy atom. The summed E-state index contributed by atoms with van der Waals surface area (Å²) in [5, 5.41) is 8.66. The summed E-state index contributed by atoms with van der Waals surface area (Å²) in [6.07, 6.45) is 3.61. The number of fused-ring (bicyclic) bond motifs is 1. The minimum atomic E-state index is -3.17. The van der Waals surface area contributed by atoms with Crippen LogP contribution in [0.15, 0.2) is 0 Å². The van der Waals surface area contributed by atoms with Crippen molar-refractivity contribution in [3.05, 3.63) is 0 Å². The van der Waals surface area contributed by atoms with Gasteiger partial charge < -0.3 is 5.11 Å². The first kappa shape index (κ1) is 10.4. The molecular formula is C9H17NO3S. The van der Waals surface area contributed by atoms with Crippen LogP contribution < -0.4 is 0 Å². The van der Waals surface area contributed by atoms with Crippen LogP contribution in [-0.4, -0.2) is 43.3 Å². The highest BCUT2D eigenvalue weighted by Crippen LogP contribution is 2.38. The Morgan fingerprint density at radius 1 is 1.21 bits per heavy atom. The summed E-state index contributed by atoms with van der Waals surface area (Å²) in [5.74, 6) is 1.05. The van der Waals surface area contributed by atoms with Crippen LogP contribution in [0.25, 0.3) is 0 Å². The molecule has 4 nitrogen and oxygen atoms in total. The van der Waals surface area contributed by atoms with Crippen molar-refractivity contribution in [3.8, 4) is 0 Å². The van der Waals surface area contributed by atoms with Gasteiger partial charge in [-0.1, -0.05) is 6.42 Å². The fraction of sp³-hybridized carbons (Fsp3) is 1.00. The Labute approximate surface area is 85.0 Å². The Morgan fingerprint density at radius 2 is 1.79 bits per heavy atom. The van der Waals surface area contributed by atoms with Gasteiger partial charge in [0.2, 0.25) is 10.0 Å². The molecule has 0 amide bonds. The monoisotopic (exact) mass is 219 g/mol. The van der Waals surface area contributed by atoms with E-state index in [0.29, 0.717) is 24.9 Å². The van der Waals surface area contributed by atoms with Crippen LogP contribution >= 0.6 is 0 Å². The number of hydrogen-bond acceptors (Lipinski definition) is 3. The van der Waals surface area contributed by atoms with Crippen LogP contribution in [0.1, 0.15) is 19.3 Å². The third-order valence-corrected chi connectivity index (χ3v) is 5.22. The lowest BCUT2D eigenvalue weighted by atomic mass is 10.0. The topological polar surface area (TPSA) is 57.6 Å². The van der Waals surface area contributed by atoms with Crippen molar-refractivity contribution in [2.45, 2.75) is 19.3 Å². The smallest absolute Gasteiger partial charge is 0.216 e. The fourth-order valence-electron chi connectivity index (χ4n) is 2.66. The molecule has 2 aliphatic rings. The SMILES string of the molecule is O=S(=O)(CCO)N1CC2CCCC2C1. The molecule has 2 rings (SSSR count). The number of aliphatic hydroxyl groups excluding tert-OH is 1. The van der Waals surface area contributed by atoms with Gasteiger partial charge in [0.05, 0.1) is 12.4 Å². The van der Waals surface area contributed by atoms with E-state index in [1.807, 2.05) is 0 Å². The van der Waals surface area contributed by atoms with Gasteiger partial charge >= 0.3 is 0 Å². The summed E-state index contributed by atoms with van der Waals surface area (Å²) in [6.45, 7) is 1.11. The first-order chi connectivity index (χ1) is 6.63. The predicted octanol–water partition coefficient (Wildman–Crippen LogP) is 0.0404. The van der Waals surface area contributed by atoms with Crippen LogP contribution in [0.2, 0.25) is 0 Å². The lowest BCUT2D eigenvalue weighted by molar-refractivity contribution is 0.315. The van der Waals surface area contributed by atoms with E-state index in [2.05, 4.69) is 0 Å². The number of aliphatic hydroxyl groups is 1. The number of nitrogens with zero attached hydrogens (tertiary/aromatic N) is 1. The Kier molecular flexibility index (Phi) is 2.81. The summed E-state index contributed by atoms with van der Waals surface area (Å²) < 4.78 is 24.8. The predicted molar refractivity (Wildman–Crippen MR) is 53.3 cm³/mol. The van der Waals surface area contributed by atoms with E-state index in [-0.39, 0.29) is 12.4 Å². The molecule has 0 aromatic carbocycles. The number of sulfonamides is 1. The molecule has 82 valence electrons. The van der Waals surface area contributed by atoms with Crippen molar-refractivity contribution in [2.75, 3.05) is 25.4 Å². The molecule has 1 aliphatic carbocycles. The molecule has 1 heterocycles. The second kappa shape index (κ2) is 3.79. The summed E-state index contributed by atoms with van der Waals surface area (Å²) in [5.41, 5.74) is 0. The summed E-state index contributed by atoms with van der Waals surface area (Å²) in [4.78, 5) is 0. The third kappa shape index (κ3) is 1.81. The summed E-state index contributed by atoms with van der Waals surface area (Å²) >= 11 is 0. The first-order valence-electron chi connectivity index (χ1n) is 5.22. The van der Waals surface area contributed by atoms with Gasteiger partial charge in [0, 0.05) is 13.1 Å². The molecule has 1 N–H and O–H groups in total. The molecule has 0 aromatic rings. The molecule has 2 unspecified atom stereocenters. The zero-order valence-corrected chi connectivity index (χ0v) is 9.04. The molecule has 2 atom stereocenters. The highest BCUT2D eigenvalue weighted by molar-refractivity contribution is 7.89. The van der Waals surface area contributed by atoms with Crippen LogP contribution in [0.5, 0.6) is 0 Å². The molecule has 1 aliphatic heterocycles. The minimum absolute atomic E-state index is 0.119. The van der Waals surface area contributed by atoms with Gasteiger partial charge in [-0.3, -0.25) is 0 Å². The fourth-order valence-corrected chi connectivity index (χ4v) is 3.99. The normalized spacial score (nSPS) is 33.5. The van der Waals surface area contributed by atoms with Crippen LogP contribution in [0, 0.1) is 11.8 Å². The maximum Gasteiger partial charge on any atom is 0.216 e. The van der Waals surface area contributed by atoms with E-state index in [0.717, 1.165) is 0 Å². The number of hydrogen-bond donors (Lipinski definition) is 1. The van der Waals surface area contributed by atoms with Crippen molar-refractivity contribution in [1.29, 1.82) is 0 Å². The largest absolute Gasteiger partial charge is 0.395 e. The number of rotatable bonds is 3. The zero-order valence-electron chi connectivity index (χ0n) is 8.22. The minimum Gasteiger partial charge on any atom is -0.395 e. The summed E-state index contributed by atoms with van der Waals surface area (Å²) in [7, 11) is -3.17. The average molecular weight is 219 g/mol. The lowest BCUT2D eigenvalue weighted by Gasteiger charge is -2.16. The molecule has 1 saturated carbocycles. The lowest BCUT2D eigenvalue weighted by Crippen LogP contribution is -2.32. The van der Waals surface area contributed by atoms with E-state index < -0.39 is 10.0 Å². The maximum atomic E-state index is 11.6. The van der Waals surface area contributed by atoms with E-state index >= 15 is 0 Å². The van der Waals surface area contributed by atoms with Crippen molar-refractivity contribution >= 4 is 10.0 Å². The summed E-state index contributed by atoms with van der Waals surface area (Å²) in [6, 6.07) is 0. The van der Waals surface area contributed by atoms with Crippen molar-refractivity contribution < 1.29 is 13.5 Å². The van der Waals surface area contributed by atoms with Crippen molar-refractivity contribution in [3.63, 3.8) is 0 Å². The van der Waals surface area contributed by atoms with Crippen LogP contribution in [0.3, 0.4) is 0 Å². The molecule has 5 heteroatoms. The Hall–Kier alpha value is -0.130. The Bertz CT molecular complexity index is 289. The first-order valence-corrected chi connectivity index (χ1v) is 6.83. The molecule has 2 fully saturated rings. The van der Waals surface area contributed by atoms with E-state index in [1.165, 1.54) is 19.3 Å². The zero-order chi connectivity index (χ0) is 10.2. The molecule has 0 spiro atoms. The maximum absolute atomic E-state index is 11.6. The highest BCUT2D eigenvalue weighted by atomic mass is 32.2. The van der Waals surface area contributed by atoms with Crippen LogP contribution in [-0.2, 0) is 10.0 Å².